The smallest absolute Gasteiger partial charge is 0.0862 e. The van der Waals surface area contributed by atoms with Crippen molar-refractivity contribution in [3.05, 3.63) is 12.4 Å². The molecule has 0 aromatic carbocycles. The first kappa shape index (κ1) is 10.0. The van der Waals surface area contributed by atoms with Crippen LogP contribution < -0.4 is 5.73 Å². The number of nitrogen functional groups attached to an aromatic ring is 1. The number of nitrogens with two attached hydrogens (primary N) is 1. The summed E-state index contributed by atoms with van der Waals surface area (Å²) in [5.41, 5.74) is 6.10. The van der Waals surface area contributed by atoms with Crippen LogP contribution in [0.15, 0.2) is 12.4 Å². The lowest BCUT2D eigenvalue weighted by atomic mass is 10.3. The van der Waals surface area contributed by atoms with Crippen LogP contribution in [0.25, 0.3) is 0 Å². The van der Waals surface area contributed by atoms with Crippen molar-refractivity contribution >= 4 is 5.69 Å². The second-order valence-electron chi connectivity index (χ2n) is 3.41. The summed E-state index contributed by atoms with van der Waals surface area (Å²) in [5, 5.41) is 13.5. The number of aliphatic hydroxyl groups excluding tert-OH is 1. The second-order valence-corrected chi connectivity index (χ2v) is 3.41. The molecule has 1 heterocycles. The fourth-order valence-electron chi connectivity index (χ4n) is 1.17. The molecule has 1 atom stereocenters. The van der Waals surface area contributed by atoms with E-state index in [4.69, 9.17) is 5.73 Å². The van der Waals surface area contributed by atoms with E-state index in [1.807, 2.05) is 19.0 Å². The molecule has 74 valence electrons. The van der Waals surface area contributed by atoms with Crippen LogP contribution in [-0.4, -0.2) is 46.5 Å². The average Bonchev–Trinajstić information content (AvgIpc) is 2.33. The molecular weight excluding hydrogens is 168 g/mol. The summed E-state index contributed by atoms with van der Waals surface area (Å²) in [7, 11) is 3.83. The van der Waals surface area contributed by atoms with Gasteiger partial charge in [0.05, 0.1) is 24.5 Å². The molecule has 0 spiro atoms. The minimum Gasteiger partial charge on any atom is -0.396 e. The third kappa shape index (κ3) is 3.43. The zero-order chi connectivity index (χ0) is 9.84. The molecule has 5 heteroatoms. The van der Waals surface area contributed by atoms with Crippen LogP contribution in [0.5, 0.6) is 0 Å². The van der Waals surface area contributed by atoms with Crippen LogP contribution in [0.3, 0.4) is 0 Å². The summed E-state index contributed by atoms with van der Waals surface area (Å²) < 4.78 is 1.64. The average molecular weight is 184 g/mol. The van der Waals surface area contributed by atoms with E-state index < -0.39 is 6.10 Å². The van der Waals surface area contributed by atoms with Gasteiger partial charge in [0, 0.05) is 12.7 Å². The maximum Gasteiger partial charge on any atom is 0.0862 e. The molecule has 0 aliphatic carbocycles. The van der Waals surface area contributed by atoms with E-state index in [9.17, 15) is 5.11 Å². The number of aromatic nitrogens is 2. The van der Waals surface area contributed by atoms with Crippen molar-refractivity contribution in [2.24, 2.45) is 0 Å². The van der Waals surface area contributed by atoms with Gasteiger partial charge in [-0.2, -0.15) is 5.10 Å². The predicted molar refractivity (Wildman–Crippen MR) is 51.2 cm³/mol. The van der Waals surface area contributed by atoms with Crippen molar-refractivity contribution in [3.63, 3.8) is 0 Å². The standard InChI is InChI=1S/C8H16N4O/c1-11(2)5-8(13)6-12-4-7(9)3-10-12/h3-4,8,13H,5-6,9H2,1-2H3. The van der Waals surface area contributed by atoms with Crippen molar-refractivity contribution in [1.29, 1.82) is 0 Å². The van der Waals surface area contributed by atoms with E-state index in [1.54, 1.807) is 17.1 Å². The van der Waals surface area contributed by atoms with Crippen molar-refractivity contribution < 1.29 is 5.11 Å². The maximum absolute atomic E-state index is 9.54. The second kappa shape index (κ2) is 4.25. The van der Waals surface area contributed by atoms with Crippen molar-refractivity contribution in [2.75, 3.05) is 26.4 Å². The third-order valence-corrected chi connectivity index (χ3v) is 1.63. The number of nitrogens with zero attached hydrogens (tertiary/aromatic N) is 3. The summed E-state index contributed by atoms with van der Waals surface area (Å²) in [6.07, 6.45) is 2.87. The Balaban J connectivity index is 2.40. The van der Waals surface area contributed by atoms with Gasteiger partial charge in [-0.15, -0.1) is 0 Å². The number of likely N-dealkylation sites (N-methyl/N-ethyl adjacent to an activating group) is 1. The lowest BCUT2D eigenvalue weighted by Crippen LogP contribution is -2.29. The molecule has 1 rings (SSSR count). The number of aliphatic hydroxyl groups is 1. The highest BCUT2D eigenvalue weighted by Crippen LogP contribution is 1.99. The SMILES string of the molecule is CN(C)CC(O)Cn1cc(N)cn1. The van der Waals surface area contributed by atoms with E-state index >= 15 is 0 Å². The van der Waals surface area contributed by atoms with Crippen molar-refractivity contribution in [1.82, 2.24) is 14.7 Å². The lowest BCUT2D eigenvalue weighted by Gasteiger charge is -2.15. The Morgan fingerprint density at radius 3 is 2.85 bits per heavy atom. The summed E-state index contributed by atoms with van der Waals surface area (Å²) >= 11 is 0. The van der Waals surface area contributed by atoms with Gasteiger partial charge in [0.15, 0.2) is 0 Å². The highest BCUT2D eigenvalue weighted by Gasteiger charge is 2.06. The van der Waals surface area contributed by atoms with Gasteiger partial charge < -0.3 is 15.7 Å². The van der Waals surface area contributed by atoms with Crippen molar-refractivity contribution in [2.45, 2.75) is 12.6 Å². The van der Waals surface area contributed by atoms with Crippen LogP contribution in [-0.2, 0) is 6.54 Å². The maximum atomic E-state index is 9.54. The molecule has 1 aromatic rings. The Hall–Kier alpha value is -1.07. The third-order valence-electron chi connectivity index (χ3n) is 1.63. The Kier molecular flexibility index (Phi) is 3.27. The van der Waals surface area contributed by atoms with Gasteiger partial charge in [0.2, 0.25) is 0 Å². The largest absolute Gasteiger partial charge is 0.396 e. The summed E-state index contributed by atoms with van der Waals surface area (Å²) in [4.78, 5) is 1.93. The zero-order valence-electron chi connectivity index (χ0n) is 8.01. The topological polar surface area (TPSA) is 67.3 Å². The predicted octanol–water partition coefficient (Wildman–Crippen LogP) is -0.612. The van der Waals surface area contributed by atoms with Gasteiger partial charge in [0.25, 0.3) is 0 Å². The Labute approximate surface area is 77.8 Å². The highest BCUT2D eigenvalue weighted by atomic mass is 16.3. The van der Waals surface area contributed by atoms with Crippen LogP contribution >= 0.6 is 0 Å². The minimum atomic E-state index is -0.408. The molecule has 1 aromatic heterocycles. The number of anilines is 1. The van der Waals surface area contributed by atoms with E-state index in [0.29, 0.717) is 18.8 Å². The zero-order valence-corrected chi connectivity index (χ0v) is 8.01. The lowest BCUT2D eigenvalue weighted by molar-refractivity contribution is 0.116. The van der Waals surface area contributed by atoms with E-state index in [0.717, 1.165) is 0 Å². The van der Waals surface area contributed by atoms with Gasteiger partial charge in [-0.3, -0.25) is 4.68 Å². The van der Waals surface area contributed by atoms with E-state index in [1.165, 1.54) is 0 Å². The molecule has 0 aliphatic rings. The van der Waals surface area contributed by atoms with Crippen LogP contribution in [0.4, 0.5) is 5.69 Å². The summed E-state index contributed by atoms with van der Waals surface area (Å²) in [5.74, 6) is 0. The van der Waals surface area contributed by atoms with Crippen LogP contribution in [0, 0.1) is 0 Å². The quantitative estimate of drug-likeness (QED) is 0.655. The van der Waals surface area contributed by atoms with E-state index in [-0.39, 0.29) is 0 Å². The molecular formula is C8H16N4O. The molecule has 0 saturated carbocycles. The Morgan fingerprint density at radius 1 is 1.69 bits per heavy atom. The molecule has 5 nitrogen and oxygen atoms in total. The molecule has 13 heavy (non-hydrogen) atoms. The van der Waals surface area contributed by atoms with Gasteiger partial charge in [-0.1, -0.05) is 0 Å². The minimum absolute atomic E-state index is 0.408. The molecule has 0 amide bonds. The van der Waals surface area contributed by atoms with Crippen LogP contribution in [0.1, 0.15) is 0 Å². The fraction of sp³-hybridized carbons (Fsp3) is 0.625. The van der Waals surface area contributed by atoms with Crippen molar-refractivity contribution in [3.8, 4) is 0 Å². The summed E-state index contributed by atoms with van der Waals surface area (Å²) in [6, 6.07) is 0. The van der Waals surface area contributed by atoms with Gasteiger partial charge in [-0.25, -0.2) is 0 Å². The molecule has 0 radical (unpaired) electrons. The number of rotatable bonds is 4. The Morgan fingerprint density at radius 2 is 2.38 bits per heavy atom. The number of hydrogen-bond acceptors (Lipinski definition) is 4. The molecule has 1 unspecified atom stereocenters. The van der Waals surface area contributed by atoms with Gasteiger partial charge >= 0.3 is 0 Å². The first-order valence-electron chi connectivity index (χ1n) is 4.18. The normalized spacial score (nSPS) is 13.5. The molecule has 3 N–H and O–H groups in total. The fourth-order valence-corrected chi connectivity index (χ4v) is 1.17. The number of hydrogen-bond donors (Lipinski definition) is 2. The van der Waals surface area contributed by atoms with Gasteiger partial charge in [-0.05, 0) is 14.1 Å². The van der Waals surface area contributed by atoms with Gasteiger partial charge in [0.1, 0.15) is 0 Å². The first-order chi connectivity index (χ1) is 6.08. The highest BCUT2D eigenvalue weighted by molar-refractivity contribution is 5.30. The van der Waals surface area contributed by atoms with E-state index in [2.05, 4.69) is 5.10 Å². The molecule has 0 saturated heterocycles. The molecule has 0 bridgehead atoms. The summed E-state index contributed by atoms with van der Waals surface area (Å²) in [6.45, 7) is 1.11. The monoisotopic (exact) mass is 184 g/mol. The Bertz CT molecular complexity index is 258. The molecule has 0 fully saturated rings. The molecule has 0 aliphatic heterocycles. The first-order valence-corrected chi connectivity index (χ1v) is 4.18. The van der Waals surface area contributed by atoms with Crippen LogP contribution in [0.2, 0.25) is 0 Å².